The van der Waals surface area contributed by atoms with E-state index in [0.717, 1.165) is 32.1 Å². The van der Waals surface area contributed by atoms with Crippen LogP contribution >= 0.6 is 0 Å². The number of carbonyl (C=O) groups excluding carboxylic acids is 1. The molecule has 140 valence electrons. The minimum absolute atomic E-state index is 0.0857. The Morgan fingerprint density at radius 1 is 1.16 bits per heavy atom. The van der Waals surface area contributed by atoms with Gasteiger partial charge in [0.15, 0.2) is 5.82 Å². The SMILES string of the molecule is Cc1nc(C2(NCC(=O)NC3CCCCC3C)CCCCCC2)no1. The average Bonchev–Trinajstić information content (AvgIpc) is 2.90. The molecule has 2 aliphatic rings. The molecule has 2 saturated carbocycles. The van der Waals surface area contributed by atoms with Gasteiger partial charge >= 0.3 is 0 Å². The third kappa shape index (κ3) is 4.60. The van der Waals surface area contributed by atoms with Gasteiger partial charge in [0.05, 0.1) is 12.1 Å². The predicted molar refractivity (Wildman–Crippen MR) is 96.0 cm³/mol. The Hall–Kier alpha value is -1.43. The van der Waals surface area contributed by atoms with Crippen LogP contribution in [-0.4, -0.2) is 28.6 Å². The molecule has 2 aliphatic carbocycles. The van der Waals surface area contributed by atoms with Crippen molar-refractivity contribution in [1.29, 1.82) is 0 Å². The van der Waals surface area contributed by atoms with Crippen LogP contribution in [0, 0.1) is 12.8 Å². The second-order valence-corrected chi connectivity index (χ2v) is 7.92. The van der Waals surface area contributed by atoms with Gasteiger partial charge in [-0.2, -0.15) is 4.98 Å². The predicted octanol–water partition coefficient (Wildman–Crippen LogP) is 3.21. The molecule has 2 fully saturated rings. The summed E-state index contributed by atoms with van der Waals surface area (Å²) in [4.78, 5) is 17.0. The van der Waals surface area contributed by atoms with E-state index in [9.17, 15) is 4.79 Å². The number of hydrogen-bond donors (Lipinski definition) is 2. The van der Waals surface area contributed by atoms with Gasteiger partial charge in [-0.15, -0.1) is 0 Å². The van der Waals surface area contributed by atoms with Gasteiger partial charge in [0.2, 0.25) is 11.8 Å². The molecule has 2 N–H and O–H groups in total. The molecule has 6 heteroatoms. The average molecular weight is 348 g/mol. The van der Waals surface area contributed by atoms with Crippen molar-refractivity contribution in [2.75, 3.05) is 6.54 Å². The molecule has 0 spiro atoms. The van der Waals surface area contributed by atoms with E-state index in [2.05, 4.69) is 27.7 Å². The zero-order valence-electron chi connectivity index (χ0n) is 15.6. The summed E-state index contributed by atoms with van der Waals surface area (Å²) in [6.45, 7) is 4.38. The van der Waals surface area contributed by atoms with Crippen LogP contribution in [0.15, 0.2) is 4.52 Å². The van der Waals surface area contributed by atoms with Gasteiger partial charge in [-0.25, -0.2) is 0 Å². The van der Waals surface area contributed by atoms with Gasteiger partial charge in [0.25, 0.3) is 0 Å². The van der Waals surface area contributed by atoms with E-state index in [4.69, 9.17) is 4.52 Å². The lowest BCUT2D eigenvalue weighted by Crippen LogP contribution is -2.50. The van der Waals surface area contributed by atoms with E-state index < -0.39 is 0 Å². The van der Waals surface area contributed by atoms with E-state index in [0.29, 0.717) is 30.2 Å². The topological polar surface area (TPSA) is 80.0 Å². The molecule has 25 heavy (non-hydrogen) atoms. The fraction of sp³-hybridized carbons (Fsp3) is 0.842. The third-order valence-electron chi connectivity index (χ3n) is 5.96. The first kappa shape index (κ1) is 18.4. The summed E-state index contributed by atoms with van der Waals surface area (Å²) in [6.07, 6.45) is 11.4. The maximum Gasteiger partial charge on any atom is 0.234 e. The van der Waals surface area contributed by atoms with Crippen molar-refractivity contribution in [3.8, 4) is 0 Å². The molecule has 3 rings (SSSR count). The quantitative estimate of drug-likeness (QED) is 0.799. The van der Waals surface area contributed by atoms with Crippen LogP contribution in [0.4, 0.5) is 0 Å². The fourth-order valence-corrected chi connectivity index (χ4v) is 4.34. The Balaban J connectivity index is 1.63. The maximum atomic E-state index is 12.5. The molecule has 0 bridgehead atoms. The molecule has 0 aromatic carbocycles. The number of nitrogens with one attached hydrogen (secondary N) is 2. The van der Waals surface area contributed by atoms with Crippen molar-refractivity contribution in [2.24, 2.45) is 5.92 Å². The standard InChI is InChI=1S/C19H32N4O2/c1-14-9-5-6-10-16(14)22-17(24)13-20-19(11-7-3-4-8-12-19)18-21-15(2)25-23-18/h14,16,20H,3-13H2,1-2H3,(H,22,24). The fourth-order valence-electron chi connectivity index (χ4n) is 4.34. The van der Waals surface area contributed by atoms with E-state index in [1.807, 2.05) is 6.92 Å². The van der Waals surface area contributed by atoms with Gasteiger partial charge in [-0.3, -0.25) is 10.1 Å². The molecule has 1 aromatic rings. The van der Waals surface area contributed by atoms with E-state index in [-0.39, 0.29) is 11.4 Å². The number of rotatable bonds is 5. The summed E-state index contributed by atoms with van der Waals surface area (Å²) >= 11 is 0. The molecule has 2 atom stereocenters. The monoisotopic (exact) mass is 348 g/mol. The van der Waals surface area contributed by atoms with Crippen LogP contribution in [0.3, 0.4) is 0 Å². The third-order valence-corrected chi connectivity index (χ3v) is 5.96. The smallest absolute Gasteiger partial charge is 0.234 e. The summed E-state index contributed by atoms with van der Waals surface area (Å²) in [7, 11) is 0. The van der Waals surface area contributed by atoms with Gasteiger partial charge in [-0.1, -0.05) is 50.6 Å². The zero-order chi connectivity index (χ0) is 17.7. The Morgan fingerprint density at radius 3 is 2.52 bits per heavy atom. The molecule has 1 aromatic heterocycles. The van der Waals surface area contributed by atoms with Crippen LogP contribution < -0.4 is 10.6 Å². The first-order valence-corrected chi connectivity index (χ1v) is 9.94. The first-order chi connectivity index (χ1) is 12.1. The number of aromatic nitrogens is 2. The van der Waals surface area contributed by atoms with Gasteiger partial charge in [0.1, 0.15) is 0 Å². The summed E-state index contributed by atoms with van der Waals surface area (Å²) in [5, 5.41) is 10.9. The van der Waals surface area contributed by atoms with Crippen LogP contribution in [0.25, 0.3) is 0 Å². The lowest BCUT2D eigenvalue weighted by Gasteiger charge is -2.32. The van der Waals surface area contributed by atoms with Crippen molar-refractivity contribution >= 4 is 5.91 Å². The second-order valence-electron chi connectivity index (χ2n) is 7.92. The van der Waals surface area contributed by atoms with E-state index in [1.54, 1.807) is 0 Å². The number of nitrogens with zero attached hydrogens (tertiary/aromatic N) is 2. The second kappa shape index (κ2) is 8.30. The van der Waals surface area contributed by atoms with Crippen molar-refractivity contribution in [3.05, 3.63) is 11.7 Å². The molecule has 1 amide bonds. The normalized spacial score (nSPS) is 26.8. The van der Waals surface area contributed by atoms with Crippen molar-refractivity contribution < 1.29 is 9.32 Å². The van der Waals surface area contributed by atoms with Gasteiger partial charge in [-0.05, 0) is 31.6 Å². The summed E-state index contributed by atoms with van der Waals surface area (Å²) in [5.41, 5.74) is -0.330. The molecule has 2 unspecified atom stereocenters. The molecule has 0 radical (unpaired) electrons. The highest BCUT2D eigenvalue weighted by Gasteiger charge is 2.37. The lowest BCUT2D eigenvalue weighted by atomic mass is 9.86. The number of carbonyl (C=O) groups is 1. The van der Waals surface area contributed by atoms with Crippen LogP contribution in [0.5, 0.6) is 0 Å². The van der Waals surface area contributed by atoms with Crippen molar-refractivity contribution in [2.45, 2.75) is 89.6 Å². The summed E-state index contributed by atoms with van der Waals surface area (Å²) in [6, 6.07) is 0.320. The molecule has 1 heterocycles. The molecule has 6 nitrogen and oxygen atoms in total. The lowest BCUT2D eigenvalue weighted by molar-refractivity contribution is -0.122. The molecule has 0 aliphatic heterocycles. The van der Waals surface area contributed by atoms with Crippen LogP contribution in [-0.2, 0) is 10.3 Å². The first-order valence-electron chi connectivity index (χ1n) is 9.94. The summed E-state index contributed by atoms with van der Waals surface area (Å²) in [5.74, 6) is 1.96. The van der Waals surface area contributed by atoms with E-state index in [1.165, 1.54) is 32.1 Å². The van der Waals surface area contributed by atoms with Gasteiger partial charge < -0.3 is 9.84 Å². The maximum absolute atomic E-state index is 12.5. The highest BCUT2D eigenvalue weighted by molar-refractivity contribution is 5.78. The highest BCUT2D eigenvalue weighted by Crippen LogP contribution is 2.34. The largest absolute Gasteiger partial charge is 0.352 e. The Labute approximate surface area is 150 Å². The Bertz CT molecular complexity index is 564. The number of hydrogen-bond acceptors (Lipinski definition) is 5. The minimum atomic E-state index is -0.330. The van der Waals surface area contributed by atoms with Crippen molar-refractivity contribution in [3.63, 3.8) is 0 Å². The highest BCUT2D eigenvalue weighted by atomic mass is 16.5. The van der Waals surface area contributed by atoms with Crippen LogP contribution in [0.1, 0.15) is 82.8 Å². The minimum Gasteiger partial charge on any atom is -0.352 e. The zero-order valence-corrected chi connectivity index (χ0v) is 15.6. The Kier molecular flexibility index (Phi) is 6.10. The van der Waals surface area contributed by atoms with Crippen molar-refractivity contribution in [1.82, 2.24) is 20.8 Å². The number of amides is 1. The molecule has 0 saturated heterocycles. The Morgan fingerprint density at radius 2 is 1.88 bits per heavy atom. The number of aryl methyl sites for hydroxylation is 1. The van der Waals surface area contributed by atoms with Gasteiger partial charge in [0, 0.05) is 13.0 Å². The van der Waals surface area contributed by atoms with Crippen LogP contribution in [0.2, 0.25) is 0 Å². The summed E-state index contributed by atoms with van der Waals surface area (Å²) < 4.78 is 5.22. The molecular weight excluding hydrogens is 316 g/mol. The van der Waals surface area contributed by atoms with E-state index >= 15 is 0 Å². The molecular formula is C19H32N4O2.